The first-order chi connectivity index (χ1) is 26.3. The van der Waals surface area contributed by atoms with Crippen molar-refractivity contribution in [2.24, 2.45) is 0 Å². The number of para-hydroxylation sites is 4. The van der Waals surface area contributed by atoms with Gasteiger partial charge in [0.1, 0.15) is 11.2 Å². The van der Waals surface area contributed by atoms with Crippen LogP contribution in [0.4, 0.5) is 11.4 Å². The van der Waals surface area contributed by atoms with Crippen LogP contribution >= 0.6 is 0 Å². The lowest BCUT2D eigenvalue weighted by molar-refractivity contribution is 0.669. The van der Waals surface area contributed by atoms with Crippen LogP contribution in [-0.2, 0) is 6.54 Å². The van der Waals surface area contributed by atoms with Crippen molar-refractivity contribution in [3.05, 3.63) is 185 Å². The highest BCUT2D eigenvalue weighted by molar-refractivity contribution is 6.09. The Balaban J connectivity index is 1.12. The molecule has 0 saturated heterocycles. The Morgan fingerprint density at radius 2 is 1.13 bits per heavy atom. The molecular weight excluding hydrogens is 647 g/mol. The Bertz CT molecular complexity index is 3180. The van der Waals surface area contributed by atoms with E-state index in [2.05, 4.69) is 184 Å². The van der Waals surface area contributed by atoms with Gasteiger partial charge in [0.15, 0.2) is 0 Å². The van der Waals surface area contributed by atoms with Gasteiger partial charge in [-0.15, -0.1) is 0 Å². The number of hydrogen-bond acceptors (Lipinski definition) is 2. The number of nitrogens with zero attached hydrogens (tertiary/aromatic N) is 3. The maximum Gasteiger partial charge on any atom is 0.135 e. The lowest BCUT2D eigenvalue weighted by Gasteiger charge is -2.29. The van der Waals surface area contributed by atoms with Gasteiger partial charge in [0.25, 0.3) is 0 Å². The summed E-state index contributed by atoms with van der Waals surface area (Å²) in [6.07, 6.45) is 5.10. The molecule has 4 heterocycles. The van der Waals surface area contributed by atoms with Gasteiger partial charge in [0.2, 0.25) is 0 Å². The van der Waals surface area contributed by atoms with E-state index in [0.29, 0.717) is 0 Å². The molecule has 250 valence electrons. The fraction of sp³-hybridized carbons (Fsp3) is 0.0612. The van der Waals surface area contributed by atoms with Crippen molar-refractivity contribution in [2.45, 2.75) is 18.5 Å². The van der Waals surface area contributed by atoms with Gasteiger partial charge in [-0.3, -0.25) is 0 Å². The summed E-state index contributed by atoms with van der Waals surface area (Å²) in [5.74, 6) is 0.151. The third-order valence-corrected chi connectivity index (χ3v) is 11.7. The third kappa shape index (κ3) is 4.12. The van der Waals surface area contributed by atoms with E-state index < -0.39 is 0 Å². The fourth-order valence-electron chi connectivity index (χ4n) is 9.40. The van der Waals surface area contributed by atoms with Gasteiger partial charge in [0, 0.05) is 72.5 Å². The number of hydrogen-bond donors (Lipinski definition) is 0. The number of benzene rings is 7. The van der Waals surface area contributed by atoms with Crippen molar-refractivity contribution in [2.75, 3.05) is 4.90 Å². The number of rotatable bonds is 4. The summed E-state index contributed by atoms with van der Waals surface area (Å²) in [6, 6.07) is 59.6. The number of anilines is 2. The minimum atomic E-state index is 0.0837. The highest BCUT2D eigenvalue weighted by Crippen LogP contribution is 2.49. The molecule has 0 spiro atoms. The van der Waals surface area contributed by atoms with E-state index in [9.17, 15) is 0 Å². The summed E-state index contributed by atoms with van der Waals surface area (Å²) >= 11 is 0. The van der Waals surface area contributed by atoms with Gasteiger partial charge in [-0.1, -0.05) is 109 Å². The van der Waals surface area contributed by atoms with Crippen LogP contribution in [0, 0.1) is 0 Å². The molecule has 1 aliphatic heterocycles. The molecule has 2 unspecified atom stereocenters. The molecular formula is C49H33N3O. The van der Waals surface area contributed by atoms with Crippen LogP contribution in [0.1, 0.15) is 17.0 Å². The van der Waals surface area contributed by atoms with E-state index in [1.165, 1.54) is 71.5 Å². The Hall–Kier alpha value is -6.78. The quantitative estimate of drug-likeness (QED) is 0.185. The summed E-state index contributed by atoms with van der Waals surface area (Å²) < 4.78 is 11.2. The van der Waals surface area contributed by atoms with Gasteiger partial charge in [0.05, 0.1) is 17.1 Å². The van der Waals surface area contributed by atoms with Crippen LogP contribution in [0.25, 0.3) is 72.5 Å². The molecule has 0 fully saturated rings. The van der Waals surface area contributed by atoms with Crippen LogP contribution in [-0.4, -0.2) is 15.2 Å². The second-order valence-corrected chi connectivity index (χ2v) is 14.5. The summed E-state index contributed by atoms with van der Waals surface area (Å²) in [5, 5.41) is 8.75. The second kappa shape index (κ2) is 10.9. The topological polar surface area (TPSA) is 26.2 Å². The fourth-order valence-corrected chi connectivity index (χ4v) is 9.40. The minimum Gasteiger partial charge on any atom is -0.456 e. The zero-order valence-corrected chi connectivity index (χ0v) is 28.9. The summed E-state index contributed by atoms with van der Waals surface area (Å²) in [5.41, 5.74) is 11.8. The molecule has 10 aromatic rings. The highest BCUT2D eigenvalue weighted by atomic mass is 16.3. The number of furan rings is 1. The molecule has 2 atom stereocenters. The van der Waals surface area contributed by atoms with Crippen molar-refractivity contribution >= 4 is 78.2 Å². The van der Waals surface area contributed by atoms with Crippen LogP contribution in [0.3, 0.4) is 0 Å². The van der Waals surface area contributed by atoms with E-state index in [4.69, 9.17) is 4.42 Å². The first-order valence-electron chi connectivity index (χ1n) is 18.5. The molecule has 0 radical (unpaired) electrons. The van der Waals surface area contributed by atoms with E-state index in [1.54, 1.807) is 0 Å². The number of fused-ring (bicyclic) bond motifs is 12. The van der Waals surface area contributed by atoms with Crippen LogP contribution in [0.15, 0.2) is 168 Å². The Morgan fingerprint density at radius 3 is 1.92 bits per heavy atom. The molecule has 0 saturated carbocycles. The van der Waals surface area contributed by atoms with E-state index in [0.717, 1.165) is 28.5 Å². The average Bonchev–Trinajstić information content (AvgIpc) is 3.94. The minimum absolute atomic E-state index is 0.0837. The van der Waals surface area contributed by atoms with Gasteiger partial charge in [-0.25, -0.2) is 0 Å². The van der Waals surface area contributed by atoms with Crippen molar-refractivity contribution in [3.8, 4) is 5.69 Å². The lowest BCUT2D eigenvalue weighted by atomic mass is 9.90. The average molecular weight is 680 g/mol. The van der Waals surface area contributed by atoms with Crippen LogP contribution < -0.4 is 15.5 Å². The van der Waals surface area contributed by atoms with Gasteiger partial charge >= 0.3 is 0 Å². The summed E-state index contributed by atoms with van der Waals surface area (Å²) in [4.78, 5) is 2.57. The molecule has 2 aliphatic rings. The highest BCUT2D eigenvalue weighted by Gasteiger charge is 2.39. The zero-order chi connectivity index (χ0) is 34.6. The Kier molecular flexibility index (Phi) is 5.92. The van der Waals surface area contributed by atoms with Crippen molar-refractivity contribution in [3.63, 3.8) is 0 Å². The zero-order valence-electron chi connectivity index (χ0n) is 28.9. The van der Waals surface area contributed by atoms with Crippen LogP contribution in [0.5, 0.6) is 0 Å². The van der Waals surface area contributed by atoms with Crippen molar-refractivity contribution in [1.29, 1.82) is 0 Å². The van der Waals surface area contributed by atoms with Gasteiger partial charge in [-0.05, 0) is 77.9 Å². The molecule has 7 aromatic carbocycles. The molecule has 3 aromatic heterocycles. The lowest BCUT2D eigenvalue weighted by Crippen LogP contribution is -2.40. The largest absolute Gasteiger partial charge is 0.456 e. The molecule has 4 nitrogen and oxygen atoms in total. The maximum absolute atomic E-state index is 6.29. The first kappa shape index (κ1) is 28.9. The molecule has 0 bridgehead atoms. The van der Waals surface area contributed by atoms with Crippen molar-refractivity contribution in [1.82, 2.24) is 9.13 Å². The van der Waals surface area contributed by atoms with Crippen LogP contribution in [0.2, 0.25) is 0 Å². The number of aromatic nitrogens is 2. The van der Waals surface area contributed by atoms with E-state index in [-0.39, 0.29) is 12.0 Å². The van der Waals surface area contributed by atoms with Gasteiger partial charge in [-0.2, -0.15) is 0 Å². The van der Waals surface area contributed by atoms with E-state index in [1.807, 2.05) is 6.07 Å². The third-order valence-electron chi connectivity index (χ3n) is 11.7. The monoisotopic (exact) mass is 679 g/mol. The summed E-state index contributed by atoms with van der Waals surface area (Å²) in [6.45, 7) is 0.816. The van der Waals surface area contributed by atoms with Crippen molar-refractivity contribution < 1.29 is 4.42 Å². The molecule has 12 rings (SSSR count). The first-order valence-corrected chi connectivity index (χ1v) is 18.5. The SMILES string of the molecule is C1=c2c(n(Cc3ccccc3)c3ccccc23)=CC2C1c1cc(-n3c4ccccc4c4ccccc43)ccc1N2c1ccc2oc3ccccc3c2c1. The predicted molar refractivity (Wildman–Crippen MR) is 219 cm³/mol. The standard InChI is InChI=1S/C49H33N3O/c1-2-12-31(13-3-1)30-50-42-18-8-4-16-36(42)39-28-40-38-26-32(51-43-19-9-5-14-34(43)35-15-6-10-20-44(35)51)22-24-45(38)52(47(40)29-46(39)50)33-23-25-49-41(27-33)37-17-7-11-21-48(37)53-49/h1-29,40,47H,30H2. The molecule has 1 aliphatic carbocycles. The predicted octanol–water partition coefficient (Wildman–Crippen LogP) is 10.6. The molecule has 53 heavy (non-hydrogen) atoms. The van der Waals surface area contributed by atoms with E-state index >= 15 is 0 Å². The Morgan fingerprint density at radius 1 is 0.491 bits per heavy atom. The Labute approximate surface area is 305 Å². The molecule has 0 N–H and O–H groups in total. The smallest absolute Gasteiger partial charge is 0.135 e. The summed E-state index contributed by atoms with van der Waals surface area (Å²) in [7, 11) is 0. The second-order valence-electron chi connectivity index (χ2n) is 14.5. The molecule has 0 amide bonds. The normalized spacial score (nSPS) is 16.3. The van der Waals surface area contributed by atoms with Gasteiger partial charge < -0.3 is 18.5 Å². The molecule has 4 heteroatoms. The maximum atomic E-state index is 6.29.